The minimum absolute atomic E-state index is 0.285. The second-order valence-corrected chi connectivity index (χ2v) is 5.22. The van der Waals surface area contributed by atoms with Gasteiger partial charge in [0.15, 0.2) is 11.5 Å². The average molecular weight is 344 g/mol. The highest BCUT2D eigenvalue weighted by Gasteiger charge is 2.17. The lowest BCUT2D eigenvalue weighted by atomic mass is 10.1. The maximum absolute atomic E-state index is 13.0. The summed E-state index contributed by atoms with van der Waals surface area (Å²) in [5.74, 6) is 1.95. The van der Waals surface area contributed by atoms with Crippen molar-refractivity contribution in [2.45, 2.75) is 6.42 Å². The average Bonchev–Trinajstić information content (AvgIpc) is 3.10. The van der Waals surface area contributed by atoms with Crippen molar-refractivity contribution in [1.82, 2.24) is 10.2 Å². The van der Waals surface area contributed by atoms with E-state index in [1.54, 1.807) is 24.3 Å². The number of hydrogen-bond donors (Lipinski definition) is 0. The van der Waals surface area contributed by atoms with E-state index in [2.05, 4.69) is 10.2 Å². The molecule has 0 spiro atoms. The second kappa shape index (κ2) is 7.21. The van der Waals surface area contributed by atoms with Gasteiger partial charge in [-0.05, 0) is 29.8 Å². The van der Waals surface area contributed by atoms with Crippen LogP contribution < -0.4 is 14.2 Å². The van der Waals surface area contributed by atoms with Crippen LogP contribution in [0.1, 0.15) is 11.5 Å². The fourth-order valence-electron chi connectivity index (χ4n) is 2.42. The minimum atomic E-state index is -0.285. The first-order valence-electron chi connectivity index (χ1n) is 7.51. The van der Waals surface area contributed by atoms with Crippen LogP contribution in [0.2, 0.25) is 0 Å². The Balaban J connectivity index is 1.90. The van der Waals surface area contributed by atoms with E-state index in [4.69, 9.17) is 18.6 Å². The monoisotopic (exact) mass is 344 g/mol. The van der Waals surface area contributed by atoms with Crippen LogP contribution in [0.25, 0.3) is 11.5 Å². The van der Waals surface area contributed by atoms with Crippen molar-refractivity contribution in [3.05, 3.63) is 53.7 Å². The number of rotatable bonds is 6. The topological polar surface area (TPSA) is 66.6 Å². The Morgan fingerprint density at radius 1 is 0.920 bits per heavy atom. The molecular weight excluding hydrogens is 327 g/mol. The van der Waals surface area contributed by atoms with Crippen LogP contribution in [0.15, 0.2) is 40.8 Å². The summed E-state index contributed by atoms with van der Waals surface area (Å²) in [5.41, 5.74) is 1.52. The molecule has 0 N–H and O–H groups in total. The summed E-state index contributed by atoms with van der Waals surface area (Å²) >= 11 is 0. The molecule has 7 heteroatoms. The van der Waals surface area contributed by atoms with Crippen LogP contribution in [0.3, 0.4) is 0 Å². The van der Waals surface area contributed by atoms with E-state index < -0.39 is 0 Å². The molecule has 0 fully saturated rings. The highest BCUT2D eigenvalue weighted by Crippen LogP contribution is 2.40. The van der Waals surface area contributed by atoms with Crippen molar-refractivity contribution in [2.75, 3.05) is 21.3 Å². The smallest absolute Gasteiger partial charge is 0.248 e. The summed E-state index contributed by atoms with van der Waals surface area (Å²) in [6.45, 7) is 0. The molecule has 6 nitrogen and oxygen atoms in total. The molecule has 0 amide bonds. The van der Waals surface area contributed by atoms with Crippen LogP contribution in [0.5, 0.6) is 17.2 Å². The second-order valence-electron chi connectivity index (χ2n) is 5.22. The van der Waals surface area contributed by atoms with E-state index in [0.717, 1.165) is 5.56 Å². The molecule has 0 saturated heterocycles. The van der Waals surface area contributed by atoms with Gasteiger partial charge in [-0.25, -0.2) is 4.39 Å². The van der Waals surface area contributed by atoms with E-state index in [9.17, 15) is 4.39 Å². The van der Waals surface area contributed by atoms with Crippen LogP contribution in [-0.4, -0.2) is 31.5 Å². The third-order valence-corrected chi connectivity index (χ3v) is 3.65. The van der Waals surface area contributed by atoms with Crippen molar-refractivity contribution < 1.29 is 23.0 Å². The van der Waals surface area contributed by atoms with Crippen LogP contribution in [-0.2, 0) is 6.42 Å². The molecule has 3 aromatic rings. The minimum Gasteiger partial charge on any atom is -0.493 e. The molecule has 0 saturated carbocycles. The van der Waals surface area contributed by atoms with Crippen LogP contribution in [0.4, 0.5) is 4.39 Å². The lowest BCUT2D eigenvalue weighted by molar-refractivity contribution is 0.324. The third kappa shape index (κ3) is 3.55. The lowest BCUT2D eigenvalue weighted by Gasteiger charge is -2.12. The molecule has 0 aliphatic heterocycles. The Labute approximate surface area is 144 Å². The van der Waals surface area contributed by atoms with Gasteiger partial charge in [0.2, 0.25) is 17.5 Å². The molecule has 25 heavy (non-hydrogen) atoms. The van der Waals surface area contributed by atoms with Gasteiger partial charge >= 0.3 is 0 Å². The summed E-state index contributed by atoms with van der Waals surface area (Å²) in [6.07, 6.45) is 0.414. The Hall–Kier alpha value is -3.09. The predicted octanol–water partition coefficient (Wildman–Crippen LogP) is 3.49. The Bertz CT molecular complexity index is 837. The van der Waals surface area contributed by atoms with Gasteiger partial charge in [0.25, 0.3) is 0 Å². The summed E-state index contributed by atoms with van der Waals surface area (Å²) in [7, 11) is 4.61. The number of aromatic nitrogens is 2. The Morgan fingerprint density at radius 3 is 2.12 bits per heavy atom. The number of benzene rings is 2. The molecular formula is C18H17FN2O4. The molecule has 0 bridgehead atoms. The first-order chi connectivity index (χ1) is 12.1. The first kappa shape index (κ1) is 16.8. The van der Waals surface area contributed by atoms with Gasteiger partial charge in [0.05, 0.1) is 27.8 Å². The molecule has 0 aliphatic rings. The molecule has 1 heterocycles. The van der Waals surface area contributed by atoms with E-state index in [1.165, 1.54) is 33.5 Å². The normalized spacial score (nSPS) is 10.6. The van der Waals surface area contributed by atoms with Gasteiger partial charge in [-0.1, -0.05) is 12.1 Å². The highest BCUT2D eigenvalue weighted by atomic mass is 19.1. The Morgan fingerprint density at radius 2 is 1.56 bits per heavy atom. The fourth-order valence-corrected chi connectivity index (χ4v) is 2.42. The number of nitrogens with zero attached hydrogens (tertiary/aromatic N) is 2. The van der Waals surface area contributed by atoms with Gasteiger partial charge in [-0.15, -0.1) is 10.2 Å². The van der Waals surface area contributed by atoms with E-state index in [-0.39, 0.29) is 5.82 Å². The number of hydrogen-bond acceptors (Lipinski definition) is 6. The molecule has 130 valence electrons. The van der Waals surface area contributed by atoms with Gasteiger partial charge in [0, 0.05) is 5.56 Å². The van der Waals surface area contributed by atoms with Gasteiger partial charge in [0.1, 0.15) is 5.82 Å². The quantitative estimate of drug-likeness (QED) is 0.682. The van der Waals surface area contributed by atoms with Gasteiger partial charge < -0.3 is 18.6 Å². The summed E-state index contributed by atoms with van der Waals surface area (Å²) < 4.78 is 34.6. The molecule has 0 aliphatic carbocycles. The third-order valence-electron chi connectivity index (χ3n) is 3.65. The maximum atomic E-state index is 13.0. The number of ether oxygens (including phenoxy) is 3. The summed E-state index contributed by atoms with van der Waals surface area (Å²) in [6, 6.07) is 9.61. The lowest BCUT2D eigenvalue weighted by Crippen LogP contribution is -1.95. The standard InChI is InChI=1S/C18H17FN2O4/c1-22-14-9-12(10-15(23-2)17(14)24-3)18-21-20-16(25-18)8-11-4-6-13(19)7-5-11/h4-7,9-10H,8H2,1-3H3. The maximum Gasteiger partial charge on any atom is 0.248 e. The molecule has 1 aromatic heterocycles. The zero-order chi connectivity index (χ0) is 17.8. The van der Waals surface area contributed by atoms with E-state index in [1.807, 2.05) is 0 Å². The fraction of sp³-hybridized carbons (Fsp3) is 0.222. The summed E-state index contributed by atoms with van der Waals surface area (Å²) in [5, 5.41) is 8.10. The van der Waals surface area contributed by atoms with Crippen molar-refractivity contribution in [3.63, 3.8) is 0 Å². The molecule has 0 unspecified atom stereocenters. The predicted molar refractivity (Wildman–Crippen MR) is 88.6 cm³/mol. The largest absolute Gasteiger partial charge is 0.493 e. The number of halogens is 1. The van der Waals surface area contributed by atoms with E-state index in [0.29, 0.717) is 41.0 Å². The SMILES string of the molecule is COc1cc(-c2nnc(Cc3ccc(F)cc3)o2)cc(OC)c1OC. The Kier molecular flexibility index (Phi) is 4.83. The first-order valence-corrected chi connectivity index (χ1v) is 7.51. The van der Waals surface area contributed by atoms with Crippen molar-refractivity contribution in [2.24, 2.45) is 0 Å². The zero-order valence-electron chi connectivity index (χ0n) is 14.1. The highest BCUT2D eigenvalue weighted by molar-refractivity contribution is 5.65. The van der Waals surface area contributed by atoms with Crippen LogP contribution in [0, 0.1) is 5.82 Å². The van der Waals surface area contributed by atoms with Crippen LogP contribution >= 0.6 is 0 Å². The number of methoxy groups -OCH3 is 3. The van der Waals surface area contributed by atoms with Gasteiger partial charge in [-0.3, -0.25) is 0 Å². The summed E-state index contributed by atoms with van der Waals surface area (Å²) in [4.78, 5) is 0. The molecule has 3 rings (SSSR count). The molecule has 0 atom stereocenters. The zero-order valence-corrected chi connectivity index (χ0v) is 14.1. The van der Waals surface area contributed by atoms with Gasteiger partial charge in [-0.2, -0.15) is 0 Å². The van der Waals surface area contributed by atoms with Crippen molar-refractivity contribution in [1.29, 1.82) is 0 Å². The van der Waals surface area contributed by atoms with Crippen molar-refractivity contribution in [3.8, 4) is 28.7 Å². The molecule has 0 radical (unpaired) electrons. The van der Waals surface area contributed by atoms with Crippen molar-refractivity contribution >= 4 is 0 Å². The van der Waals surface area contributed by atoms with E-state index >= 15 is 0 Å². The molecule has 2 aromatic carbocycles.